The lowest BCUT2D eigenvalue weighted by atomic mass is 10.0. The van der Waals surface area contributed by atoms with Crippen LogP contribution in [0, 0.1) is 5.92 Å². The van der Waals surface area contributed by atoms with Crippen LogP contribution in [0.5, 0.6) is 0 Å². The monoisotopic (exact) mass is 233 g/mol. The molecule has 2 aliphatic rings. The highest BCUT2D eigenvalue weighted by atomic mass is 16.5. The van der Waals surface area contributed by atoms with E-state index in [-0.39, 0.29) is 6.10 Å². The number of nitrogens with zero attached hydrogens (tertiary/aromatic N) is 1. The number of aliphatic hydroxyl groups is 1. The quantitative estimate of drug-likeness (QED) is 0.834. The predicted octanol–water partition coefficient (Wildman–Crippen LogP) is 1.22. The third-order valence-corrected chi connectivity index (χ3v) is 3.90. The molecule has 1 aliphatic carbocycles. The van der Waals surface area contributed by atoms with E-state index >= 15 is 0 Å². The maximum absolute atomic E-state index is 10.3. The maximum atomic E-state index is 10.3. The van der Waals surface area contributed by atoms with Gasteiger partial charge in [-0.3, -0.25) is 4.90 Å². The first-order valence-electron chi connectivity index (χ1n) is 6.40. The normalized spacial score (nSPS) is 29.2. The van der Waals surface area contributed by atoms with Gasteiger partial charge in [0.15, 0.2) is 0 Å². The standard InChI is InChI=1S/C14H19NO2/c16-14-12(10-15-5-7-17-8-6-15)9-11-3-1-2-4-13(11)14/h1-4,12,14,16H,5-10H2/t12-,14?/m1/s1. The van der Waals surface area contributed by atoms with Gasteiger partial charge in [-0.15, -0.1) is 0 Å². The second-order valence-electron chi connectivity index (χ2n) is 5.02. The van der Waals surface area contributed by atoms with Gasteiger partial charge in [-0.05, 0) is 17.5 Å². The molecule has 17 heavy (non-hydrogen) atoms. The van der Waals surface area contributed by atoms with Gasteiger partial charge in [-0.2, -0.15) is 0 Å². The number of morpholine rings is 1. The molecule has 1 fully saturated rings. The number of benzene rings is 1. The van der Waals surface area contributed by atoms with E-state index in [1.165, 1.54) is 5.56 Å². The molecule has 1 heterocycles. The van der Waals surface area contributed by atoms with Gasteiger partial charge >= 0.3 is 0 Å². The van der Waals surface area contributed by atoms with Gasteiger partial charge in [0.1, 0.15) is 0 Å². The van der Waals surface area contributed by atoms with Crippen molar-refractivity contribution in [3.63, 3.8) is 0 Å². The summed E-state index contributed by atoms with van der Waals surface area (Å²) in [6.45, 7) is 4.64. The van der Waals surface area contributed by atoms with Crippen LogP contribution in [0.3, 0.4) is 0 Å². The zero-order chi connectivity index (χ0) is 11.7. The molecule has 1 aromatic rings. The molecule has 0 spiro atoms. The van der Waals surface area contributed by atoms with E-state index in [0.29, 0.717) is 5.92 Å². The Morgan fingerprint density at radius 3 is 2.76 bits per heavy atom. The number of hydrogen-bond donors (Lipinski definition) is 1. The van der Waals surface area contributed by atoms with Crippen molar-refractivity contribution in [3.8, 4) is 0 Å². The van der Waals surface area contributed by atoms with Crippen molar-refractivity contribution in [2.24, 2.45) is 5.92 Å². The van der Waals surface area contributed by atoms with Crippen LogP contribution in [-0.4, -0.2) is 42.9 Å². The van der Waals surface area contributed by atoms with Crippen molar-refractivity contribution in [1.29, 1.82) is 0 Å². The molecule has 0 aromatic heterocycles. The molecular formula is C14H19NO2. The van der Waals surface area contributed by atoms with Crippen molar-refractivity contribution < 1.29 is 9.84 Å². The van der Waals surface area contributed by atoms with E-state index < -0.39 is 0 Å². The van der Waals surface area contributed by atoms with E-state index in [4.69, 9.17) is 4.74 Å². The molecule has 3 rings (SSSR count). The van der Waals surface area contributed by atoms with Crippen molar-refractivity contribution in [2.75, 3.05) is 32.8 Å². The Kier molecular flexibility index (Phi) is 3.14. The van der Waals surface area contributed by atoms with Gasteiger partial charge in [-0.1, -0.05) is 24.3 Å². The summed E-state index contributed by atoms with van der Waals surface area (Å²) in [5, 5.41) is 10.3. The van der Waals surface area contributed by atoms with Crippen LogP contribution in [0.2, 0.25) is 0 Å². The molecule has 2 atom stereocenters. The lowest BCUT2D eigenvalue weighted by Crippen LogP contribution is -2.40. The Morgan fingerprint density at radius 1 is 1.24 bits per heavy atom. The Hall–Kier alpha value is -0.900. The first-order valence-corrected chi connectivity index (χ1v) is 6.40. The molecule has 1 unspecified atom stereocenters. The topological polar surface area (TPSA) is 32.7 Å². The number of rotatable bonds is 2. The zero-order valence-electron chi connectivity index (χ0n) is 10.0. The van der Waals surface area contributed by atoms with Crippen LogP contribution < -0.4 is 0 Å². The van der Waals surface area contributed by atoms with Crippen molar-refractivity contribution in [3.05, 3.63) is 35.4 Å². The molecule has 1 aromatic carbocycles. The van der Waals surface area contributed by atoms with Crippen molar-refractivity contribution in [2.45, 2.75) is 12.5 Å². The van der Waals surface area contributed by atoms with Gasteiger partial charge in [0.25, 0.3) is 0 Å². The third kappa shape index (κ3) is 2.23. The average Bonchev–Trinajstić information content (AvgIpc) is 2.68. The van der Waals surface area contributed by atoms with Crippen LogP contribution in [0.25, 0.3) is 0 Å². The summed E-state index contributed by atoms with van der Waals surface area (Å²) >= 11 is 0. The molecular weight excluding hydrogens is 214 g/mol. The third-order valence-electron chi connectivity index (χ3n) is 3.90. The van der Waals surface area contributed by atoms with Crippen LogP contribution >= 0.6 is 0 Å². The summed E-state index contributed by atoms with van der Waals surface area (Å²) in [6, 6.07) is 8.26. The Morgan fingerprint density at radius 2 is 2.00 bits per heavy atom. The summed E-state index contributed by atoms with van der Waals surface area (Å²) in [4.78, 5) is 2.41. The summed E-state index contributed by atoms with van der Waals surface area (Å²) in [7, 11) is 0. The maximum Gasteiger partial charge on any atom is 0.0836 e. The Balaban J connectivity index is 1.67. The molecule has 92 valence electrons. The molecule has 0 radical (unpaired) electrons. The highest BCUT2D eigenvalue weighted by molar-refractivity contribution is 5.34. The summed E-state index contributed by atoms with van der Waals surface area (Å²) in [6.07, 6.45) is 0.725. The van der Waals surface area contributed by atoms with E-state index in [9.17, 15) is 5.11 Å². The van der Waals surface area contributed by atoms with Gasteiger partial charge < -0.3 is 9.84 Å². The fraction of sp³-hybridized carbons (Fsp3) is 0.571. The molecule has 0 amide bonds. The fourth-order valence-corrected chi connectivity index (χ4v) is 2.94. The predicted molar refractivity (Wildman–Crippen MR) is 65.9 cm³/mol. The van der Waals surface area contributed by atoms with Gasteiger partial charge in [-0.25, -0.2) is 0 Å². The number of fused-ring (bicyclic) bond motifs is 1. The zero-order valence-corrected chi connectivity index (χ0v) is 10.0. The van der Waals surface area contributed by atoms with Gasteiger partial charge in [0.05, 0.1) is 19.3 Å². The van der Waals surface area contributed by atoms with Crippen molar-refractivity contribution in [1.82, 2.24) is 4.90 Å². The van der Waals surface area contributed by atoms with Crippen molar-refractivity contribution >= 4 is 0 Å². The molecule has 1 aliphatic heterocycles. The Bertz CT molecular complexity index is 388. The van der Waals surface area contributed by atoms with Gasteiger partial charge in [0.2, 0.25) is 0 Å². The van der Waals surface area contributed by atoms with Crippen LogP contribution in [0.1, 0.15) is 17.2 Å². The molecule has 1 saturated heterocycles. The minimum atomic E-state index is -0.283. The second kappa shape index (κ2) is 4.77. The highest BCUT2D eigenvalue weighted by Gasteiger charge is 2.31. The summed E-state index contributed by atoms with van der Waals surface area (Å²) in [5.74, 6) is 0.352. The largest absolute Gasteiger partial charge is 0.388 e. The second-order valence-corrected chi connectivity index (χ2v) is 5.02. The van der Waals surface area contributed by atoms with Gasteiger partial charge in [0, 0.05) is 25.6 Å². The minimum Gasteiger partial charge on any atom is -0.388 e. The fourth-order valence-electron chi connectivity index (χ4n) is 2.94. The van der Waals surface area contributed by atoms with E-state index in [2.05, 4.69) is 23.1 Å². The first kappa shape index (κ1) is 11.2. The Labute approximate surface area is 102 Å². The molecule has 0 saturated carbocycles. The minimum absolute atomic E-state index is 0.283. The first-order chi connectivity index (χ1) is 8.34. The van der Waals surface area contributed by atoms with E-state index in [0.717, 1.165) is 44.8 Å². The highest BCUT2D eigenvalue weighted by Crippen LogP contribution is 2.36. The number of hydrogen-bond acceptors (Lipinski definition) is 3. The van der Waals surface area contributed by atoms with Crippen LogP contribution in [0.4, 0.5) is 0 Å². The summed E-state index contributed by atoms with van der Waals surface area (Å²) in [5.41, 5.74) is 2.45. The number of ether oxygens (including phenoxy) is 1. The lowest BCUT2D eigenvalue weighted by molar-refractivity contribution is 0.0155. The summed E-state index contributed by atoms with van der Waals surface area (Å²) < 4.78 is 5.35. The average molecular weight is 233 g/mol. The van der Waals surface area contributed by atoms with Crippen LogP contribution in [-0.2, 0) is 11.2 Å². The molecule has 1 N–H and O–H groups in total. The SMILES string of the molecule is OC1c2ccccc2C[C@@H]1CN1CCOCC1. The molecule has 0 bridgehead atoms. The number of aliphatic hydroxyl groups excluding tert-OH is 1. The molecule has 3 heteroatoms. The van der Waals surface area contributed by atoms with E-state index in [1.807, 2.05) is 6.07 Å². The smallest absolute Gasteiger partial charge is 0.0836 e. The van der Waals surface area contributed by atoms with E-state index in [1.54, 1.807) is 0 Å². The molecule has 3 nitrogen and oxygen atoms in total. The lowest BCUT2D eigenvalue weighted by Gasteiger charge is -2.30. The van der Waals surface area contributed by atoms with Crippen LogP contribution in [0.15, 0.2) is 24.3 Å².